The van der Waals surface area contributed by atoms with Crippen LogP contribution in [0.3, 0.4) is 0 Å². The van der Waals surface area contributed by atoms with Crippen LogP contribution >= 0.6 is 23.2 Å². The van der Waals surface area contributed by atoms with Crippen molar-refractivity contribution in [3.8, 4) is 5.69 Å². The summed E-state index contributed by atoms with van der Waals surface area (Å²) in [4.78, 5) is 20.1. The maximum atomic E-state index is 14.2. The Morgan fingerprint density at radius 1 is 1.06 bits per heavy atom. The van der Waals surface area contributed by atoms with Gasteiger partial charge >= 0.3 is 0 Å². The van der Waals surface area contributed by atoms with Crippen LogP contribution in [-0.2, 0) is 6.54 Å². The second kappa shape index (κ2) is 11.6. The van der Waals surface area contributed by atoms with Gasteiger partial charge in [0.05, 0.1) is 28.0 Å². The van der Waals surface area contributed by atoms with E-state index in [-0.39, 0.29) is 11.7 Å². The molecule has 2 heterocycles. The van der Waals surface area contributed by atoms with Crippen molar-refractivity contribution in [1.29, 1.82) is 0 Å². The predicted octanol–water partition coefficient (Wildman–Crippen LogP) is 5.82. The third-order valence-corrected chi connectivity index (χ3v) is 7.36. The molecular formula is C27H32Cl2FN5O. The second-order valence-electron chi connectivity index (χ2n) is 9.06. The van der Waals surface area contributed by atoms with E-state index in [2.05, 4.69) is 16.7 Å². The topological polar surface area (TPSA) is 44.6 Å². The summed E-state index contributed by atoms with van der Waals surface area (Å²) in [6.07, 6.45) is 0.800. The molecule has 0 bridgehead atoms. The number of aromatic nitrogens is 2. The van der Waals surface area contributed by atoms with Gasteiger partial charge in [-0.15, -0.1) is 0 Å². The lowest BCUT2D eigenvalue weighted by Crippen LogP contribution is -2.47. The molecule has 2 aromatic carbocycles. The number of carbonyl (C=O) groups excluding carboxylic acids is 1. The fourth-order valence-electron chi connectivity index (χ4n) is 4.65. The summed E-state index contributed by atoms with van der Waals surface area (Å²) >= 11 is 12.3. The number of halogens is 3. The molecule has 0 saturated carbocycles. The number of anilines is 1. The summed E-state index contributed by atoms with van der Waals surface area (Å²) in [6.45, 7) is 11.7. The van der Waals surface area contributed by atoms with Gasteiger partial charge in [0.15, 0.2) is 0 Å². The van der Waals surface area contributed by atoms with Gasteiger partial charge in [-0.25, -0.2) is 9.07 Å². The number of rotatable bonds is 8. The zero-order valence-electron chi connectivity index (χ0n) is 21.0. The fourth-order valence-corrected chi connectivity index (χ4v) is 4.94. The van der Waals surface area contributed by atoms with Gasteiger partial charge in [-0.3, -0.25) is 4.79 Å². The van der Waals surface area contributed by atoms with E-state index in [0.717, 1.165) is 56.2 Å². The molecule has 1 saturated heterocycles. The lowest BCUT2D eigenvalue weighted by Gasteiger charge is -2.36. The summed E-state index contributed by atoms with van der Waals surface area (Å²) in [5.74, 6) is 0.485. The molecule has 1 aliphatic rings. The van der Waals surface area contributed by atoms with Crippen LogP contribution < -0.4 is 4.90 Å². The molecule has 6 nitrogen and oxygen atoms in total. The molecule has 1 aliphatic heterocycles. The van der Waals surface area contributed by atoms with E-state index in [1.54, 1.807) is 24.3 Å². The van der Waals surface area contributed by atoms with Gasteiger partial charge in [0.25, 0.3) is 5.91 Å². The molecule has 1 fully saturated rings. The molecule has 192 valence electrons. The van der Waals surface area contributed by atoms with Crippen molar-refractivity contribution in [2.75, 3.05) is 44.2 Å². The quantitative estimate of drug-likeness (QED) is 0.367. The third-order valence-electron chi connectivity index (χ3n) is 6.63. The molecule has 9 heteroatoms. The molecule has 4 rings (SSSR count). The molecule has 0 atom stereocenters. The van der Waals surface area contributed by atoms with E-state index in [4.69, 9.17) is 28.3 Å². The summed E-state index contributed by atoms with van der Waals surface area (Å²) in [5, 5.41) is 5.59. The zero-order valence-corrected chi connectivity index (χ0v) is 22.5. The fraction of sp³-hybridized carbons (Fsp3) is 0.407. The van der Waals surface area contributed by atoms with Gasteiger partial charge in [-0.05, 0) is 56.3 Å². The lowest BCUT2D eigenvalue weighted by molar-refractivity contribution is 0.0743. The number of hydrogen-bond acceptors (Lipinski definition) is 4. The van der Waals surface area contributed by atoms with Crippen LogP contribution in [0, 0.1) is 12.7 Å². The summed E-state index contributed by atoms with van der Waals surface area (Å²) in [7, 11) is 0. The maximum absolute atomic E-state index is 14.2. The first-order chi connectivity index (χ1) is 17.3. The number of carbonyl (C=O) groups is 1. The minimum Gasteiger partial charge on any atom is -0.354 e. The highest BCUT2D eigenvalue weighted by atomic mass is 35.5. The molecule has 3 aromatic rings. The Balaban J connectivity index is 1.74. The van der Waals surface area contributed by atoms with Crippen molar-refractivity contribution in [3.63, 3.8) is 0 Å². The van der Waals surface area contributed by atoms with Crippen LogP contribution in [0.1, 0.15) is 41.9 Å². The predicted molar refractivity (Wildman–Crippen MR) is 144 cm³/mol. The van der Waals surface area contributed by atoms with Crippen molar-refractivity contribution in [2.45, 2.75) is 33.7 Å². The average Bonchev–Trinajstić information content (AvgIpc) is 3.20. The van der Waals surface area contributed by atoms with E-state index in [9.17, 15) is 9.18 Å². The molecular weight excluding hydrogens is 500 g/mol. The number of hydrogen-bond donors (Lipinski definition) is 0. The normalized spacial score (nSPS) is 14.3. The smallest absolute Gasteiger partial charge is 0.254 e. The van der Waals surface area contributed by atoms with Crippen LogP contribution in [-0.4, -0.2) is 64.8 Å². The van der Waals surface area contributed by atoms with Gasteiger partial charge in [0, 0.05) is 43.9 Å². The molecule has 0 spiro atoms. The molecule has 1 aromatic heterocycles. The first-order valence-corrected chi connectivity index (χ1v) is 13.1. The van der Waals surface area contributed by atoms with Crippen LogP contribution in [0.5, 0.6) is 0 Å². The Morgan fingerprint density at radius 2 is 1.81 bits per heavy atom. The summed E-state index contributed by atoms with van der Waals surface area (Å²) in [5.41, 5.74) is 2.93. The van der Waals surface area contributed by atoms with Crippen LogP contribution in [0.4, 0.5) is 10.2 Å². The maximum Gasteiger partial charge on any atom is 0.254 e. The second-order valence-corrected chi connectivity index (χ2v) is 9.87. The molecule has 0 aliphatic carbocycles. The summed E-state index contributed by atoms with van der Waals surface area (Å²) < 4.78 is 16.0. The van der Waals surface area contributed by atoms with Crippen LogP contribution in [0.15, 0.2) is 42.5 Å². The number of aryl methyl sites for hydroxylation is 1. The largest absolute Gasteiger partial charge is 0.354 e. The van der Waals surface area contributed by atoms with E-state index >= 15 is 0 Å². The molecule has 36 heavy (non-hydrogen) atoms. The number of benzene rings is 2. The Hall–Kier alpha value is -2.61. The van der Waals surface area contributed by atoms with Crippen LogP contribution in [0.2, 0.25) is 10.0 Å². The van der Waals surface area contributed by atoms with Crippen LogP contribution in [0.25, 0.3) is 5.69 Å². The van der Waals surface area contributed by atoms with E-state index in [0.29, 0.717) is 34.4 Å². The Morgan fingerprint density at radius 3 is 2.44 bits per heavy atom. The third kappa shape index (κ3) is 5.69. The summed E-state index contributed by atoms with van der Waals surface area (Å²) in [6, 6.07) is 11.4. The van der Waals surface area contributed by atoms with Crippen molar-refractivity contribution in [3.05, 3.63) is 75.1 Å². The number of nitrogens with zero attached hydrogens (tertiary/aromatic N) is 5. The highest BCUT2D eigenvalue weighted by Gasteiger charge is 2.28. The number of likely N-dealkylation sites (N-methyl/N-ethyl adjacent to an activating group) is 1. The molecule has 0 unspecified atom stereocenters. The van der Waals surface area contributed by atoms with E-state index < -0.39 is 0 Å². The molecule has 0 radical (unpaired) electrons. The van der Waals surface area contributed by atoms with Gasteiger partial charge in [0.1, 0.15) is 11.6 Å². The highest BCUT2D eigenvalue weighted by Crippen LogP contribution is 2.31. The first-order valence-electron chi connectivity index (χ1n) is 12.4. The van der Waals surface area contributed by atoms with Crippen molar-refractivity contribution in [1.82, 2.24) is 19.6 Å². The first kappa shape index (κ1) is 26.5. The molecule has 1 amide bonds. The standard InChI is InChI=1S/C27H32Cl2FN5O/c1-4-11-34(27(36)20-9-10-24(28)25(29)16-20)18-23-19(3)31-35(22-8-6-7-21(30)17-22)26(23)33-14-12-32(5-2)13-15-33/h6-10,16-17H,4-5,11-15,18H2,1-3H3. The Bertz CT molecular complexity index is 1220. The minimum absolute atomic E-state index is 0.116. The minimum atomic E-state index is -0.314. The molecule has 0 N–H and O–H groups in total. The van der Waals surface area contributed by atoms with Crippen molar-refractivity contribution < 1.29 is 9.18 Å². The van der Waals surface area contributed by atoms with Gasteiger partial charge in [0.2, 0.25) is 0 Å². The Kier molecular flexibility index (Phi) is 8.54. The number of amides is 1. The van der Waals surface area contributed by atoms with Gasteiger partial charge < -0.3 is 14.7 Å². The highest BCUT2D eigenvalue weighted by molar-refractivity contribution is 6.42. The number of piperazine rings is 1. The SMILES string of the molecule is CCCN(Cc1c(C)nn(-c2cccc(F)c2)c1N1CCN(CC)CC1)C(=O)c1ccc(Cl)c(Cl)c1. The lowest BCUT2D eigenvalue weighted by atomic mass is 10.1. The van der Waals surface area contributed by atoms with Crippen molar-refractivity contribution >= 4 is 34.9 Å². The monoisotopic (exact) mass is 531 g/mol. The van der Waals surface area contributed by atoms with Gasteiger partial charge in [-0.2, -0.15) is 5.10 Å². The average molecular weight is 532 g/mol. The van der Waals surface area contributed by atoms with E-state index in [1.165, 1.54) is 12.1 Å². The van der Waals surface area contributed by atoms with Gasteiger partial charge in [-0.1, -0.05) is 43.1 Å². The van der Waals surface area contributed by atoms with E-state index in [1.807, 2.05) is 29.5 Å². The zero-order chi connectivity index (χ0) is 25.8. The Labute approximate surface area is 222 Å². The van der Waals surface area contributed by atoms with Crippen molar-refractivity contribution in [2.24, 2.45) is 0 Å².